The van der Waals surface area contributed by atoms with Crippen molar-refractivity contribution >= 4 is 28.7 Å². The zero-order chi connectivity index (χ0) is 11.0. The molecule has 3 heteroatoms. The largest absolute Gasteiger partial charge is 0.399 e. The molecule has 0 unspecified atom stereocenters. The number of hydrogen-bond acceptors (Lipinski definition) is 3. The van der Waals surface area contributed by atoms with Gasteiger partial charge in [-0.1, -0.05) is 6.07 Å². The fraction of sp³-hybridized carbons (Fsp3) is 0.154. The van der Waals surface area contributed by atoms with Crippen molar-refractivity contribution in [1.82, 2.24) is 4.98 Å². The van der Waals surface area contributed by atoms with E-state index < -0.39 is 0 Å². The second-order valence-corrected chi connectivity index (χ2v) is 4.91. The molecule has 1 aliphatic rings. The Morgan fingerprint density at radius 1 is 1.31 bits per heavy atom. The minimum Gasteiger partial charge on any atom is -0.399 e. The molecule has 3 rings (SSSR count). The van der Waals surface area contributed by atoms with Gasteiger partial charge in [0, 0.05) is 16.8 Å². The molecule has 0 radical (unpaired) electrons. The summed E-state index contributed by atoms with van der Waals surface area (Å²) in [6.07, 6.45) is 6.36. The van der Waals surface area contributed by atoms with Crippen LogP contribution in [0.2, 0.25) is 0 Å². The van der Waals surface area contributed by atoms with E-state index >= 15 is 0 Å². The van der Waals surface area contributed by atoms with E-state index in [0.717, 1.165) is 18.5 Å². The van der Waals surface area contributed by atoms with Crippen LogP contribution < -0.4 is 5.73 Å². The van der Waals surface area contributed by atoms with Crippen LogP contribution in [0.3, 0.4) is 0 Å². The molecule has 2 aromatic rings. The van der Waals surface area contributed by atoms with E-state index in [1.54, 1.807) is 11.3 Å². The van der Waals surface area contributed by atoms with Gasteiger partial charge in [-0.15, -0.1) is 11.3 Å². The van der Waals surface area contributed by atoms with Crippen LogP contribution in [0.15, 0.2) is 29.9 Å². The summed E-state index contributed by atoms with van der Waals surface area (Å²) in [7, 11) is 0. The number of aromatic nitrogens is 1. The summed E-state index contributed by atoms with van der Waals surface area (Å²) in [6, 6.07) is 6.19. The van der Waals surface area contributed by atoms with Crippen molar-refractivity contribution in [1.29, 1.82) is 0 Å². The predicted molar refractivity (Wildman–Crippen MR) is 69.2 cm³/mol. The molecule has 0 atom stereocenters. The van der Waals surface area contributed by atoms with E-state index in [4.69, 9.17) is 5.73 Å². The summed E-state index contributed by atoms with van der Waals surface area (Å²) >= 11 is 1.68. The third-order valence-corrected chi connectivity index (χ3v) is 3.63. The Bertz CT molecular complexity index is 541. The molecule has 0 fully saturated rings. The van der Waals surface area contributed by atoms with Gasteiger partial charge in [-0.3, -0.25) is 4.98 Å². The third kappa shape index (κ3) is 1.63. The van der Waals surface area contributed by atoms with Crippen LogP contribution in [0.1, 0.15) is 22.4 Å². The van der Waals surface area contributed by atoms with E-state index in [9.17, 15) is 0 Å². The lowest BCUT2D eigenvalue weighted by molar-refractivity contribution is 1.08. The quantitative estimate of drug-likeness (QED) is 0.761. The smallest absolute Gasteiger partial charge is 0.0797 e. The Morgan fingerprint density at radius 2 is 2.25 bits per heavy atom. The summed E-state index contributed by atoms with van der Waals surface area (Å²) < 4.78 is 0. The first-order valence-electron chi connectivity index (χ1n) is 5.31. The van der Waals surface area contributed by atoms with E-state index in [0.29, 0.717) is 0 Å². The molecule has 1 heterocycles. The van der Waals surface area contributed by atoms with Gasteiger partial charge in [0.15, 0.2) is 0 Å². The third-order valence-electron chi connectivity index (χ3n) is 2.91. The summed E-state index contributed by atoms with van der Waals surface area (Å²) in [5.74, 6) is 0. The van der Waals surface area contributed by atoms with Crippen LogP contribution in [0, 0.1) is 0 Å². The number of benzene rings is 1. The SMILES string of the molecule is Nc1ccc2c(c1)CC/C2=C\c1cncs1. The lowest BCUT2D eigenvalue weighted by Crippen LogP contribution is -1.87. The molecule has 2 N–H and O–H groups in total. The van der Waals surface area contributed by atoms with E-state index in [1.165, 1.54) is 21.6 Å². The lowest BCUT2D eigenvalue weighted by Gasteiger charge is -2.01. The first-order chi connectivity index (χ1) is 7.83. The number of thiazole rings is 1. The Labute approximate surface area is 98.5 Å². The topological polar surface area (TPSA) is 38.9 Å². The number of nitrogens with zero attached hydrogens (tertiary/aromatic N) is 1. The van der Waals surface area contributed by atoms with Crippen molar-refractivity contribution in [2.24, 2.45) is 0 Å². The highest BCUT2D eigenvalue weighted by atomic mass is 32.1. The summed E-state index contributed by atoms with van der Waals surface area (Å²) in [5, 5.41) is 0. The van der Waals surface area contributed by atoms with Crippen molar-refractivity contribution in [2.45, 2.75) is 12.8 Å². The van der Waals surface area contributed by atoms with E-state index in [-0.39, 0.29) is 0 Å². The van der Waals surface area contributed by atoms with Gasteiger partial charge in [-0.25, -0.2) is 0 Å². The summed E-state index contributed by atoms with van der Waals surface area (Å²) in [5.41, 5.74) is 12.6. The average molecular weight is 228 g/mol. The second-order valence-electron chi connectivity index (χ2n) is 3.99. The van der Waals surface area contributed by atoms with Crippen molar-refractivity contribution in [3.8, 4) is 0 Å². The fourth-order valence-electron chi connectivity index (χ4n) is 2.16. The molecular weight excluding hydrogens is 216 g/mol. The Hall–Kier alpha value is -1.61. The molecule has 80 valence electrons. The van der Waals surface area contributed by atoms with Crippen LogP contribution in [0.4, 0.5) is 5.69 Å². The van der Waals surface area contributed by atoms with Crippen LogP contribution in [-0.4, -0.2) is 4.98 Å². The molecule has 1 aromatic heterocycles. The monoisotopic (exact) mass is 228 g/mol. The standard InChI is InChI=1S/C13H12N2S/c14-11-3-4-13-9(5-11)1-2-10(13)6-12-7-15-8-16-12/h3-8H,1-2,14H2/b10-6+. The van der Waals surface area contributed by atoms with Crippen LogP contribution in [0.25, 0.3) is 11.6 Å². The minimum absolute atomic E-state index is 0.859. The molecular formula is C13H12N2S. The highest BCUT2D eigenvalue weighted by Gasteiger charge is 2.15. The average Bonchev–Trinajstić information content (AvgIpc) is 2.89. The number of hydrogen-bond donors (Lipinski definition) is 1. The Morgan fingerprint density at radius 3 is 3.06 bits per heavy atom. The van der Waals surface area contributed by atoms with Crippen LogP contribution >= 0.6 is 11.3 Å². The molecule has 0 aliphatic heterocycles. The maximum absolute atomic E-state index is 5.78. The zero-order valence-electron chi connectivity index (χ0n) is 8.81. The lowest BCUT2D eigenvalue weighted by atomic mass is 10.1. The molecule has 0 spiro atoms. The number of fused-ring (bicyclic) bond motifs is 1. The summed E-state index contributed by atoms with van der Waals surface area (Å²) in [4.78, 5) is 5.31. The van der Waals surface area contributed by atoms with Crippen LogP contribution in [-0.2, 0) is 6.42 Å². The number of aryl methyl sites for hydroxylation is 1. The zero-order valence-corrected chi connectivity index (χ0v) is 9.63. The van der Waals surface area contributed by atoms with Gasteiger partial charge in [0.25, 0.3) is 0 Å². The maximum Gasteiger partial charge on any atom is 0.0797 e. The van der Waals surface area contributed by atoms with Gasteiger partial charge in [0.2, 0.25) is 0 Å². The molecule has 0 amide bonds. The van der Waals surface area contributed by atoms with Gasteiger partial charge in [-0.2, -0.15) is 0 Å². The molecule has 1 aromatic carbocycles. The Balaban J connectivity index is 2.03. The number of nitrogens with two attached hydrogens (primary N) is 1. The van der Waals surface area contributed by atoms with Crippen molar-refractivity contribution in [3.05, 3.63) is 45.9 Å². The molecule has 1 aliphatic carbocycles. The summed E-state index contributed by atoms with van der Waals surface area (Å²) in [6.45, 7) is 0. The van der Waals surface area contributed by atoms with Crippen molar-refractivity contribution in [2.75, 3.05) is 5.73 Å². The number of allylic oxidation sites excluding steroid dienone is 1. The molecule has 0 saturated heterocycles. The van der Waals surface area contributed by atoms with Crippen LogP contribution in [0.5, 0.6) is 0 Å². The Kier molecular flexibility index (Phi) is 2.26. The first kappa shape index (κ1) is 9.60. The molecule has 2 nitrogen and oxygen atoms in total. The minimum atomic E-state index is 0.859. The van der Waals surface area contributed by atoms with Gasteiger partial charge in [0.05, 0.1) is 5.51 Å². The van der Waals surface area contributed by atoms with Crippen molar-refractivity contribution < 1.29 is 0 Å². The first-order valence-corrected chi connectivity index (χ1v) is 6.19. The van der Waals surface area contributed by atoms with E-state index in [2.05, 4.69) is 23.2 Å². The maximum atomic E-state index is 5.78. The number of nitrogen functional groups attached to an aromatic ring is 1. The highest BCUT2D eigenvalue weighted by Crippen LogP contribution is 2.35. The van der Waals surface area contributed by atoms with E-state index in [1.807, 2.05) is 17.8 Å². The normalized spacial score (nSPS) is 16.6. The van der Waals surface area contributed by atoms with Crippen molar-refractivity contribution in [3.63, 3.8) is 0 Å². The van der Waals surface area contributed by atoms with Gasteiger partial charge < -0.3 is 5.73 Å². The number of anilines is 1. The van der Waals surface area contributed by atoms with Gasteiger partial charge in [0.1, 0.15) is 0 Å². The number of rotatable bonds is 1. The molecule has 0 saturated carbocycles. The predicted octanol–water partition coefficient (Wildman–Crippen LogP) is 3.21. The van der Waals surface area contributed by atoms with Gasteiger partial charge in [-0.05, 0) is 47.8 Å². The highest BCUT2D eigenvalue weighted by molar-refractivity contribution is 7.10. The molecule has 16 heavy (non-hydrogen) atoms. The molecule has 0 bridgehead atoms. The second kappa shape index (κ2) is 3.76. The fourth-order valence-corrected chi connectivity index (χ4v) is 2.73. The van der Waals surface area contributed by atoms with Gasteiger partial charge >= 0.3 is 0 Å².